The molecule has 1 rings (SSSR count). The smallest absolute Gasteiger partial charge is 0.345 e. The minimum Gasteiger partial charge on any atom is -0.477 e. The van der Waals surface area contributed by atoms with E-state index in [9.17, 15) is 4.79 Å². The fourth-order valence-corrected chi connectivity index (χ4v) is 1.52. The zero-order valence-electron chi connectivity index (χ0n) is 6.36. The Balaban J connectivity index is 2.77. The van der Waals surface area contributed by atoms with E-state index < -0.39 is 5.97 Å². The summed E-state index contributed by atoms with van der Waals surface area (Å²) >= 11 is 1.24. The van der Waals surface area contributed by atoms with Gasteiger partial charge in [-0.05, 0) is 18.2 Å². The summed E-state index contributed by atoms with van der Waals surface area (Å²) in [7, 11) is 0. The molecule has 64 valence electrons. The van der Waals surface area contributed by atoms with Crippen LogP contribution in [-0.4, -0.2) is 17.6 Å². The summed E-state index contributed by atoms with van der Waals surface area (Å²) in [6.45, 7) is 0.473. The molecule has 0 aliphatic heterocycles. The molecular weight excluding hydrogens is 174 g/mol. The molecule has 0 aliphatic rings. The van der Waals surface area contributed by atoms with Crippen molar-refractivity contribution in [3.8, 4) is 0 Å². The van der Waals surface area contributed by atoms with Gasteiger partial charge in [-0.1, -0.05) is 6.08 Å². The van der Waals surface area contributed by atoms with Crippen molar-refractivity contribution >= 4 is 23.4 Å². The quantitative estimate of drug-likeness (QED) is 0.744. The van der Waals surface area contributed by atoms with E-state index in [-0.39, 0.29) is 0 Å². The molecule has 0 amide bonds. The minimum atomic E-state index is -0.882. The van der Waals surface area contributed by atoms with Gasteiger partial charge in [-0.15, -0.1) is 11.3 Å². The Kier molecular flexibility index (Phi) is 3.01. The first-order valence-corrected chi connectivity index (χ1v) is 4.25. The van der Waals surface area contributed by atoms with Crippen molar-refractivity contribution in [2.75, 3.05) is 6.54 Å². The summed E-state index contributed by atoms with van der Waals surface area (Å²) in [5.41, 5.74) is 5.24. The van der Waals surface area contributed by atoms with E-state index >= 15 is 0 Å². The summed E-state index contributed by atoms with van der Waals surface area (Å²) in [5, 5.41) is 8.59. The lowest BCUT2D eigenvalue weighted by molar-refractivity contribution is 0.0702. The molecule has 0 radical (unpaired) electrons. The first-order valence-electron chi connectivity index (χ1n) is 3.44. The monoisotopic (exact) mass is 183 g/mol. The predicted molar refractivity (Wildman–Crippen MR) is 49.4 cm³/mol. The molecule has 0 aromatic carbocycles. The van der Waals surface area contributed by atoms with E-state index in [0.29, 0.717) is 11.4 Å². The van der Waals surface area contributed by atoms with Crippen molar-refractivity contribution in [3.63, 3.8) is 0 Å². The second kappa shape index (κ2) is 4.04. The highest BCUT2D eigenvalue weighted by atomic mass is 32.1. The van der Waals surface area contributed by atoms with Gasteiger partial charge in [0.05, 0.1) is 0 Å². The molecule has 3 nitrogen and oxygen atoms in total. The van der Waals surface area contributed by atoms with Gasteiger partial charge in [-0.2, -0.15) is 0 Å². The molecule has 0 atom stereocenters. The van der Waals surface area contributed by atoms with Crippen LogP contribution in [0.2, 0.25) is 0 Å². The van der Waals surface area contributed by atoms with E-state index in [0.717, 1.165) is 4.88 Å². The molecule has 4 heteroatoms. The van der Waals surface area contributed by atoms with Crippen molar-refractivity contribution < 1.29 is 9.90 Å². The topological polar surface area (TPSA) is 63.3 Å². The molecule has 1 aromatic rings. The minimum absolute atomic E-state index is 0.353. The molecule has 3 N–H and O–H groups in total. The van der Waals surface area contributed by atoms with Crippen LogP contribution >= 0.6 is 11.3 Å². The molecule has 0 spiro atoms. The predicted octanol–water partition coefficient (Wildman–Crippen LogP) is 1.42. The molecule has 1 aromatic heterocycles. The Morgan fingerprint density at radius 1 is 1.67 bits per heavy atom. The highest BCUT2D eigenvalue weighted by Gasteiger charge is 2.03. The fourth-order valence-electron chi connectivity index (χ4n) is 0.742. The van der Waals surface area contributed by atoms with Crippen LogP contribution in [0.15, 0.2) is 18.2 Å². The standard InChI is InChI=1S/C8H9NO2S/c9-5-1-2-6-3-4-7(12-6)8(10)11/h1-4H,5,9H2,(H,10,11). The van der Waals surface area contributed by atoms with Crippen LogP contribution in [0.3, 0.4) is 0 Å². The molecule has 12 heavy (non-hydrogen) atoms. The van der Waals surface area contributed by atoms with Gasteiger partial charge in [0.25, 0.3) is 0 Å². The second-order valence-corrected chi connectivity index (χ2v) is 3.26. The van der Waals surface area contributed by atoms with Crippen molar-refractivity contribution in [3.05, 3.63) is 28.0 Å². The third-order valence-electron chi connectivity index (χ3n) is 1.26. The van der Waals surface area contributed by atoms with Crippen molar-refractivity contribution in [1.29, 1.82) is 0 Å². The molecule has 0 saturated heterocycles. The summed E-state index contributed by atoms with van der Waals surface area (Å²) in [5.74, 6) is -0.882. The van der Waals surface area contributed by atoms with E-state index in [1.807, 2.05) is 6.08 Å². The number of rotatable bonds is 3. The van der Waals surface area contributed by atoms with E-state index in [1.165, 1.54) is 11.3 Å². The third kappa shape index (κ3) is 2.18. The molecule has 0 aliphatic carbocycles. The SMILES string of the molecule is NCC=Cc1ccc(C(=O)O)s1. The van der Waals surface area contributed by atoms with Gasteiger partial charge < -0.3 is 10.8 Å². The van der Waals surface area contributed by atoms with Gasteiger partial charge in [0.1, 0.15) is 4.88 Å². The van der Waals surface area contributed by atoms with Crippen LogP contribution in [0.4, 0.5) is 0 Å². The number of carboxylic acid groups (broad SMARTS) is 1. The lowest BCUT2D eigenvalue weighted by Crippen LogP contribution is -1.91. The van der Waals surface area contributed by atoms with E-state index in [2.05, 4.69) is 0 Å². The maximum absolute atomic E-state index is 10.4. The van der Waals surface area contributed by atoms with Crippen molar-refractivity contribution in [2.24, 2.45) is 5.73 Å². The molecule has 0 bridgehead atoms. The summed E-state index contributed by atoms with van der Waals surface area (Å²) in [6, 6.07) is 3.35. The lowest BCUT2D eigenvalue weighted by atomic mass is 10.4. The van der Waals surface area contributed by atoms with Gasteiger partial charge in [0.15, 0.2) is 0 Å². The maximum Gasteiger partial charge on any atom is 0.345 e. The van der Waals surface area contributed by atoms with Crippen LogP contribution in [-0.2, 0) is 0 Å². The number of thiophene rings is 1. The van der Waals surface area contributed by atoms with Gasteiger partial charge in [0, 0.05) is 11.4 Å². The molecule has 0 saturated carbocycles. The van der Waals surface area contributed by atoms with Crippen LogP contribution < -0.4 is 5.73 Å². The third-order valence-corrected chi connectivity index (χ3v) is 2.29. The Hall–Kier alpha value is -1.13. The largest absolute Gasteiger partial charge is 0.477 e. The number of hydrogen-bond acceptors (Lipinski definition) is 3. The Bertz CT molecular complexity index is 304. The average molecular weight is 183 g/mol. The molecular formula is C8H9NO2S. The highest BCUT2D eigenvalue weighted by molar-refractivity contribution is 7.14. The Morgan fingerprint density at radius 2 is 2.42 bits per heavy atom. The van der Waals surface area contributed by atoms with Crippen molar-refractivity contribution in [1.82, 2.24) is 0 Å². The first-order chi connectivity index (χ1) is 5.74. The Morgan fingerprint density at radius 3 is 2.92 bits per heavy atom. The fraction of sp³-hybridized carbons (Fsp3) is 0.125. The normalized spacial score (nSPS) is 10.8. The van der Waals surface area contributed by atoms with Crippen LogP contribution in [0.25, 0.3) is 6.08 Å². The van der Waals surface area contributed by atoms with Crippen molar-refractivity contribution in [2.45, 2.75) is 0 Å². The van der Waals surface area contributed by atoms with Gasteiger partial charge in [-0.3, -0.25) is 0 Å². The molecule has 1 heterocycles. The lowest BCUT2D eigenvalue weighted by Gasteiger charge is -1.83. The highest BCUT2D eigenvalue weighted by Crippen LogP contribution is 2.17. The maximum atomic E-state index is 10.4. The molecule has 0 unspecified atom stereocenters. The molecule has 0 fully saturated rings. The summed E-state index contributed by atoms with van der Waals surface area (Å²) in [6.07, 6.45) is 3.61. The van der Waals surface area contributed by atoms with E-state index in [1.54, 1.807) is 18.2 Å². The van der Waals surface area contributed by atoms with Gasteiger partial charge in [0.2, 0.25) is 0 Å². The van der Waals surface area contributed by atoms with Gasteiger partial charge in [-0.25, -0.2) is 4.79 Å². The average Bonchev–Trinajstić information content (AvgIpc) is 2.48. The van der Waals surface area contributed by atoms with Gasteiger partial charge >= 0.3 is 5.97 Å². The van der Waals surface area contributed by atoms with Crippen LogP contribution in [0.1, 0.15) is 14.5 Å². The number of carboxylic acids is 1. The number of carbonyl (C=O) groups is 1. The number of aromatic carboxylic acids is 1. The first kappa shape index (κ1) is 8.96. The Labute approximate surface area is 74.1 Å². The van der Waals surface area contributed by atoms with E-state index in [4.69, 9.17) is 10.8 Å². The second-order valence-electron chi connectivity index (χ2n) is 2.15. The zero-order chi connectivity index (χ0) is 8.97. The summed E-state index contributed by atoms with van der Waals surface area (Å²) < 4.78 is 0. The number of hydrogen-bond donors (Lipinski definition) is 2. The zero-order valence-corrected chi connectivity index (χ0v) is 7.17. The number of nitrogens with two attached hydrogens (primary N) is 1. The summed E-state index contributed by atoms with van der Waals surface area (Å²) in [4.78, 5) is 11.7. The van der Waals surface area contributed by atoms with Crippen LogP contribution in [0, 0.1) is 0 Å². The van der Waals surface area contributed by atoms with Crippen LogP contribution in [0.5, 0.6) is 0 Å².